The van der Waals surface area contributed by atoms with E-state index >= 15 is 0 Å². The maximum atomic E-state index is 3.94. The Morgan fingerprint density at radius 3 is 1.95 bits per heavy atom. The number of nitrogens with one attached hydrogen (secondary N) is 1. The SMILES string of the molecule is CC1=C(C)C(C)C(CC(C)(C)[NH][Zr+2][SiH](C)C)=C1C.[Cl-].[Cl-]. The van der Waals surface area contributed by atoms with Crippen LogP contribution in [0, 0.1) is 5.92 Å². The van der Waals surface area contributed by atoms with E-state index in [4.69, 9.17) is 0 Å². The summed E-state index contributed by atoms with van der Waals surface area (Å²) in [6.07, 6.45) is 1.22. The molecule has 1 aliphatic carbocycles. The molecule has 0 heterocycles. The first kappa shape index (κ1) is 23.4. The molecule has 0 aromatic rings. The van der Waals surface area contributed by atoms with Crippen LogP contribution in [-0.2, 0) is 22.7 Å². The first-order chi connectivity index (χ1) is 8.15. The van der Waals surface area contributed by atoms with Gasteiger partial charge in [-0.3, -0.25) is 0 Å². The summed E-state index contributed by atoms with van der Waals surface area (Å²) in [5.41, 5.74) is 6.65. The molecular weight excluding hydrogens is 384 g/mol. The van der Waals surface area contributed by atoms with E-state index in [9.17, 15) is 0 Å². The number of halogens is 2. The second kappa shape index (κ2) is 9.30. The fourth-order valence-corrected chi connectivity index (χ4v) is 8.50. The van der Waals surface area contributed by atoms with Crippen LogP contribution in [0.2, 0.25) is 13.1 Å². The number of hydrogen-bond donors (Lipinski definition) is 1. The zero-order valence-corrected chi connectivity index (χ0v) is 19.2. The predicted molar refractivity (Wildman–Crippen MR) is 80.9 cm³/mol. The van der Waals surface area contributed by atoms with Crippen molar-refractivity contribution in [2.45, 2.75) is 66.6 Å². The third kappa shape index (κ3) is 6.08. The van der Waals surface area contributed by atoms with Gasteiger partial charge in [0.15, 0.2) is 0 Å². The van der Waals surface area contributed by atoms with Gasteiger partial charge in [0.2, 0.25) is 0 Å². The monoisotopic (exact) mass is 411 g/mol. The smallest absolute Gasteiger partial charge is 1.00 e. The third-order valence-electron chi connectivity index (χ3n) is 4.14. The van der Waals surface area contributed by atoms with E-state index in [1.807, 2.05) is 0 Å². The summed E-state index contributed by atoms with van der Waals surface area (Å²) in [5, 5.41) is 0. The minimum Gasteiger partial charge on any atom is -1.00 e. The van der Waals surface area contributed by atoms with Crippen LogP contribution in [0.1, 0.15) is 48.0 Å². The Hall–Kier alpha value is 1.12. The Morgan fingerprint density at radius 2 is 1.60 bits per heavy atom. The zero-order chi connectivity index (χ0) is 14.1. The Morgan fingerprint density at radius 1 is 1.10 bits per heavy atom. The summed E-state index contributed by atoms with van der Waals surface area (Å²) in [7, 11) is 0. The Labute approximate surface area is 150 Å². The quantitative estimate of drug-likeness (QED) is 0.516. The van der Waals surface area contributed by atoms with Crippen LogP contribution in [-0.4, -0.2) is 11.5 Å². The van der Waals surface area contributed by atoms with Crippen molar-refractivity contribution in [2.24, 2.45) is 5.92 Å². The molecule has 1 nitrogen and oxygen atoms in total. The summed E-state index contributed by atoms with van der Waals surface area (Å²) >= 11 is -0.281. The van der Waals surface area contributed by atoms with Gasteiger partial charge in [-0.15, -0.1) is 0 Å². The molecule has 0 aromatic carbocycles. The first-order valence-electron chi connectivity index (χ1n) is 7.06. The number of rotatable bonds is 5. The topological polar surface area (TPSA) is 12.0 Å². The van der Waals surface area contributed by atoms with Crippen LogP contribution in [0.15, 0.2) is 22.3 Å². The second-order valence-corrected chi connectivity index (χ2v) is 20.5. The molecule has 20 heavy (non-hydrogen) atoms. The molecule has 1 atom stereocenters. The maximum Gasteiger partial charge on any atom is -1.00 e. The average molecular weight is 414 g/mol. The summed E-state index contributed by atoms with van der Waals surface area (Å²) in [4.78, 5) is 0. The van der Waals surface area contributed by atoms with Gasteiger partial charge < -0.3 is 24.8 Å². The largest absolute Gasteiger partial charge is 1.00 e. The van der Waals surface area contributed by atoms with Gasteiger partial charge in [-0.05, 0) is 0 Å². The van der Waals surface area contributed by atoms with Crippen molar-refractivity contribution in [2.75, 3.05) is 0 Å². The Kier molecular flexibility index (Phi) is 10.9. The molecule has 0 radical (unpaired) electrons. The minimum atomic E-state index is -0.342. The van der Waals surface area contributed by atoms with E-state index in [2.05, 4.69) is 57.9 Å². The van der Waals surface area contributed by atoms with E-state index in [-0.39, 0.29) is 53.4 Å². The van der Waals surface area contributed by atoms with Gasteiger partial charge in [0.1, 0.15) is 0 Å². The standard InChI is InChI=1S/C13H22N.C2H7Si.2ClH.Zr/c1-8-9(2)11(4)12(10(8)3)7-13(5,6)14;1-3-2;;;/h10,14H,7H2,1-6H3;3H,1-2H3;2*1H;/q-1;;;;+3/p-2. The van der Waals surface area contributed by atoms with E-state index in [1.54, 1.807) is 16.7 Å². The molecule has 5 heteroatoms. The predicted octanol–water partition coefficient (Wildman–Crippen LogP) is -1.96. The summed E-state index contributed by atoms with van der Waals surface area (Å²) in [5.74, 6) is 0.318. The van der Waals surface area contributed by atoms with E-state index in [1.165, 1.54) is 12.0 Å². The van der Waals surface area contributed by atoms with E-state index < -0.39 is 0 Å². The average Bonchev–Trinajstić information content (AvgIpc) is 2.44. The zero-order valence-electron chi connectivity index (χ0n) is 14.1. The molecule has 0 bridgehead atoms. The van der Waals surface area contributed by atoms with Crippen LogP contribution in [0.5, 0.6) is 0 Å². The van der Waals surface area contributed by atoms with Crippen LogP contribution in [0.3, 0.4) is 0 Å². The minimum absolute atomic E-state index is 0. The number of hydrogen-bond acceptors (Lipinski definition) is 1. The van der Waals surface area contributed by atoms with Crippen molar-refractivity contribution in [3.8, 4) is 0 Å². The van der Waals surface area contributed by atoms with Crippen LogP contribution in [0.25, 0.3) is 0 Å². The molecule has 1 rings (SSSR count). The normalized spacial score (nSPS) is 18.9. The van der Waals surface area contributed by atoms with Crippen molar-refractivity contribution in [1.82, 2.24) is 3.26 Å². The van der Waals surface area contributed by atoms with Crippen LogP contribution < -0.4 is 28.1 Å². The summed E-state index contributed by atoms with van der Waals surface area (Å²) in [6.45, 7) is 19.0. The van der Waals surface area contributed by atoms with Gasteiger partial charge >= 0.3 is 127 Å². The molecule has 116 valence electrons. The molecule has 1 aliphatic rings. The Bertz CT molecular complexity index is 389. The molecule has 0 aromatic heterocycles. The van der Waals surface area contributed by atoms with Gasteiger partial charge in [0.25, 0.3) is 0 Å². The van der Waals surface area contributed by atoms with Crippen molar-refractivity contribution in [1.29, 1.82) is 0 Å². The molecule has 1 unspecified atom stereocenters. The van der Waals surface area contributed by atoms with Gasteiger partial charge in [-0.25, -0.2) is 0 Å². The van der Waals surface area contributed by atoms with Gasteiger partial charge in [-0.1, -0.05) is 0 Å². The second-order valence-electron chi connectivity index (χ2n) is 6.66. The molecular formula is C15H29Cl2NSiZr. The molecule has 0 saturated heterocycles. The fourth-order valence-electron chi connectivity index (χ4n) is 2.59. The maximum absolute atomic E-state index is 3.94. The van der Waals surface area contributed by atoms with E-state index in [0.717, 1.165) is 0 Å². The van der Waals surface area contributed by atoms with Crippen LogP contribution >= 0.6 is 0 Å². The summed E-state index contributed by atoms with van der Waals surface area (Å²) in [6, 6.07) is 0. The van der Waals surface area contributed by atoms with Gasteiger partial charge in [0.05, 0.1) is 0 Å². The third-order valence-corrected chi connectivity index (χ3v) is 11.8. The fraction of sp³-hybridized carbons (Fsp3) is 0.733. The molecule has 0 fully saturated rings. The first-order valence-corrected chi connectivity index (χ1v) is 15.4. The van der Waals surface area contributed by atoms with Crippen molar-refractivity contribution in [3.05, 3.63) is 22.3 Å². The molecule has 0 saturated carbocycles. The summed E-state index contributed by atoms with van der Waals surface area (Å²) < 4.78 is 3.94. The van der Waals surface area contributed by atoms with Crippen molar-refractivity contribution in [3.63, 3.8) is 0 Å². The molecule has 0 amide bonds. The number of allylic oxidation sites excluding steroid dienone is 3. The molecule has 1 N–H and O–H groups in total. The van der Waals surface area contributed by atoms with Crippen molar-refractivity contribution >= 4 is 5.92 Å². The van der Waals surface area contributed by atoms with Gasteiger partial charge in [0, 0.05) is 0 Å². The van der Waals surface area contributed by atoms with Crippen LogP contribution in [0.4, 0.5) is 0 Å². The molecule has 0 aliphatic heterocycles. The van der Waals surface area contributed by atoms with E-state index in [0.29, 0.717) is 11.5 Å². The molecule has 0 spiro atoms. The Balaban J connectivity index is 0. The van der Waals surface area contributed by atoms with Crippen molar-refractivity contribution < 1.29 is 47.5 Å². The van der Waals surface area contributed by atoms with Gasteiger partial charge in [-0.2, -0.15) is 0 Å².